The van der Waals surface area contributed by atoms with Crippen molar-refractivity contribution in [2.24, 2.45) is 0 Å². The van der Waals surface area contributed by atoms with E-state index in [0.717, 1.165) is 35.9 Å². The van der Waals surface area contributed by atoms with Gasteiger partial charge >= 0.3 is 6.18 Å². The van der Waals surface area contributed by atoms with Gasteiger partial charge in [0, 0.05) is 25.1 Å². The van der Waals surface area contributed by atoms with Crippen molar-refractivity contribution in [3.05, 3.63) is 47.7 Å². The number of carbonyl (C=O) groups is 1. The minimum Gasteiger partial charge on any atom is -0.363 e. The Morgan fingerprint density at radius 2 is 2.00 bits per heavy atom. The number of piperidine rings is 1. The molecule has 2 aromatic rings. The van der Waals surface area contributed by atoms with Crippen LogP contribution in [0.1, 0.15) is 67.2 Å². The molecule has 1 aromatic carbocycles. The van der Waals surface area contributed by atoms with Crippen molar-refractivity contribution in [1.29, 1.82) is 0 Å². The maximum absolute atomic E-state index is 13.8. The van der Waals surface area contributed by atoms with E-state index in [-0.39, 0.29) is 29.9 Å². The Morgan fingerprint density at radius 3 is 2.69 bits per heavy atom. The van der Waals surface area contributed by atoms with E-state index in [4.69, 9.17) is 0 Å². The van der Waals surface area contributed by atoms with Crippen LogP contribution in [-0.2, 0) is 0 Å². The summed E-state index contributed by atoms with van der Waals surface area (Å²) in [6.07, 6.45) is -0.883. The van der Waals surface area contributed by atoms with Crippen LogP contribution in [0.15, 0.2) is 36.4 Å². The lowest BCUT2D eigenvalue weighted by Gasteiger charge is -2.34. The highest BCUT2D eigenvalue weighted by Gasteiger charge is 2.47. The molecular formula is C21H25F3N4O. The van der Waals surface area contributed by atoms with Gasteiger partial charge in [0.15, 0.2) is 11.7 Å². The quantitative estimate of drug-likeness (QED) is 0.785. The van der Waals surface area contributed by atoms with E-state index in [1.807, 2.05) is 37.3 Å². The molecule has 1 amide bonds. The molecule has 1 saturated heterocycles. The van der Waals surface area contributed by atoms with E-state index in [9.17, 15) is 18.0 Å². The lowest BCUT2D eigenvalue weighted by Crippen LogP contribution is -2.43. The second-order valence-electron chi connectivity index (χ2n) is 7.82. The molecule has 0 radical (unpaired) electrons. The first-order valence-corrected chi connectivity index (χ1v) is 10.2. The first-order valence-electron chi connectivity index (χ1n) is 10.2. The number of alkyl halides is 3. The molecule has 5 nitrogen and oxygen atoms in total. The third-order valence-corrected chi connectivity index (χ3v) is 5.97. The molecule has 0 aliphatic carbocycles. The number of fused-ring (bicyclic) bond motifs is 1. The number of hydrogen-bond donors (Lipinski definition) is 1. The van der Waals surface area contributed by atoms with Gasteiger partial charge in [-0.15, -0.1) is 0 Å². The molecule has 0 unspecified atom stereocenters. The molecule has 156 valence electrons. The number of aromatic nitrogens is 2. The van der Waals surface area contributed by atoms with Gasteiger partial charge in [-0.1, -0.05) is 37.3 Å². The summed E-state index contributed by atoms with van der Waals surface area (Å²) in [6, 6.07) is 8.39. The van der Waals surface area contributed by atoms with Crippen molar-refractivity contribution in [1.82, 2.24) is 14.7 Å². The van der Waals surface area contributed by atoms with Gasteiger partial charge in [0.25, 0.3) is 5.91 Å². The predicted molar refractivity (Wildman–Crippen MR) is 104 cm³/mol. The molecule has 0 spiro atoms. The molecule has 2 aliphatic rings. The first-order chi connectivity index (χ1) is 13.9. The SMILES string of the molecule is CC[C@@H]1CCCCN1C(=O)c1cc2n(n1)[C@@H](C(F)(F)F)C[C@H](c1ccccc1)N2. The average Bonchev–Trinajstić information content (AvgIpc) is 3.16. The molecular weight excluding hydrogens is 381 g/mol. The molecule has 3 atom stereocenters. The highest BCUT2D eigenvalue weighted by Crippen LogP contribution is 2.43. The maximum atomic E-state index is 13.8. The Morgan fingerprint density at radius 1 is 1.24 bits per heavy atom. The lowest BCUT2D eigenvalue weighted by molar-refractivity contribution is -0.173. The third-order valence-electron chi connectivity index (χ3n) is 5.97. The summed E-state index contributed by atoms with van der Waals surface area (Å²) in [5.41, 5.74) is 0.861. The van der Waals surface area contributed by atoms with Crippen molar-refractivity contribution >= 4 is 11.7 Å². The number of hydrogen-bond acceptors (Lipinski definition) is 3. The van der Waals surface area contributed by atoms with Gasteiger partial charge in [-0.2, -0.15) is 18.3 Å². The molecule has 0 bridgehead atoms. The maximum Gasteiger partial charge on any atom is 0.410 e. The monoisotopic (exact) mass is 406 g/mol. The van der Waals surface area contributed by atoms with Crippen molar-refractivity contribution in [3.8, 4) is 0 Å². The zero-order valence-corrected chi connectivity index (χ0v) is 16.3. The van der Waals surface area contributed by atoms with Crippen LogP contribution in [0, 0.1) is 0 Å². The summed E-state index contributed by atoms with van der Waals surface area (Å²) >= 11 is 0. The number of carbonyl (C=O) groups excluding carboxylic acids is 1. The van der Waals surface area contributed by atoms with Gasteiger partial charge in [-0.25, -0.2) is 4.68 Å². The summed E-state index contributed by atoms with van der Waals surface area (Å²) in [5, 5.41) is 7.26. The van der Waals surface area contributed by atoms with E-state index in [1.54, 1.807) is 4.90 Å². The fourth-order valence-electron chi connectivity index (χ4n) is 4.42. The van der Waals surface area contributed by atoms with Gasteiger partial charge in [0.2, 0.25) is 0 Å². The van der Waals surface area contributed by atoms with Crippen LogP contribution in [0.2, 0.25) is 0 Å². The van der Waals surface area contributed by atoms with E-state index < -0.39 is 18.3 Å². The van der Waals surface area contributed by atoms with Crippen LogP contribution in [0.25, 0.3) is 0 Å². The van der Waals surface area contributed by atoms with Crippen LogP contribution >= 0.6 is 0 Å². The van der Waals surface area contributed by atoms with Crippen molar-refractivity contribution in [3.63, 3.8) is 0 Å². The molecule has 2 aliphatic heterocycles. The van der Waals surface area contributed by atoms with Crippen molar-refractivity contribution in [2.45, 2.75) is 63.3 Å². The van der Waals surface area contributed by atoms with Crippen LogP contribution in [0.5, 0.6) is 0 Å². The van der Waals surface area contributed by atoms with Crippen LogP contribution < -0.4 is 5.32 Å². The fraction of sp³-hybridized carbons (Fsp3) is 0.524. The van der Waals surface area contributed by atoms with Gasteiger partial charge in [0.1, 0.15) is 5.82 Å². The highest BCUT2D eigenvalue weighted by molar-refractivity contribution is 5.93. The Hall–Kier alpha value is -2.51. The van der Waals surface area contributed by atoms with Crippen molar-refractivity contribution in [2.75, 3.05) is 11.9 Å². The Bertz CT molecular complexity index is 865. The zero-order chi connectivity index (χ0) is 20.6. The van der Waals surface area contributed by atoms with Crippen LogP contribution in [0.3, 0.4) is 0 Å². The number of likely N-dealkylation sites (tertiary alicyclic amines) is 1. The lowest BCUT2D eigenvalue weighted by atomic mass is 9.97. The summed E-state index contributed by atoms with van der Waals surface area (Å²) in [7, 11) is 0. The summed E-state index contributed by atoms with van der Waals surface area (Å²) < 4.78 is 42.4. The molecule has 29 heavy (non-hydrogen) atoms. The summed E-state index contributed by atoms with van der Waals surface area (Å²) in [5.74, 6) is -0.0433. The molecule has 1 aromatic heterocycles. The Balaban J connectivity index is 1.66. The minimum absolute atomic E-state index is 0.0795. The molecule has 1 N–H and O–H groups in total. The number of amides is 1. The standard InChI is InChI=1S/C21H25F3N4O/c1-2-15-10-6-7-11-27(15)20(29)17-13-19-25-16(14-8-4-3-5-9-14)12-18(21(22,23)24)28(19)26-17/h3-5,8-9,13,15-16,18,25H,2,6-7,10-12H2,1H3/t15-,16-,18-/m1/s1. The van der Waals surface area contributed by atoms with Crippen LogP contribution in [-0.4, -0.2) is 39.4 Å². The number of anilines is 1. The van der Waals surface area contributed by atoms with Gasteiger partial charge in [-0.3, -0.25) is 4.79 Å². The molecule has 4 rings (SSSR count). The van der Waals surface area contributed by atoms with Gasteiger partial charge in [0.05, 0.1) is 6.04 Å². The summed E-state index contributed by atoms with van der Waals surface area (Å²) in [4.78, 5) is 14.8. The molecule has 1 fully saturated rings. The van der Waals surface area contributed by atoms with Gasteiger partial charge < -0.3 is 10.2 Å². The average molecular weight is 406 g/mol. The normalized spacial score (nSPS) is 24.7. The Kier molecular flexibility index (Phi) is 5.27. The number of rotatable bonds is 3. The minimum atomic E-state index is -4.45. The first kappa shape index (κ1) is 19.8. The summed E-state index contributed by atoms with van der Waals surface area (Å²) in [6.45, 7) is 2.66. The van der Waals surface area contributed by atoms with E-state index >= 15 is 0 Å². The smallest absolute Gasteiger partial charge is 0.363 e. The predicted octanol–water partition coefficient (Wildman–Crippen LogP) is 4.95. The third kappa shape index (κ3) is 3.84. The highest BCUT2D eigenvalue weighted by atomic mass is 19.4. The van der Waals surface area contributed by atoms with E-state index in [1.165, 1.54) is 6.07 Å². The number of halogens is 3. The fourth-order valence-corrected chi connectivity index (χ4v) is 4.42. The van der Waals surface area contributed by atoms with Crippen molar-refractivity contribution < 1.29 is 18.0 Å². The van der Waals surface area contributed by atoms with E-state index in [0.29, 0.717) is 6.54 Å². The topological polar surface area (TPSA) is 50.2 Å². The number of nitrogens with one attached hydrogen (secondary N) is 1. The van der Waals surface area contributed by atoms with Crippen LogP contribution in [0.4, 0.5) is 19.0 Å². The molecule has 3 heterocycles. The van der Waals surface area contributed by atoms with Gasteiger partial charge in [-0.05, 0) is 31.2 Å². The number of nitrogens with zero attached hydrogens (tertiary/aromatic N) is 3. The molecule has 8 heteroatoms. The second-order valence-corrected chi connectivity index (χ2v) is 7.82. The Labute approximate surface area is 167 Å². The van der Waals surface area contributed by atoms with E-state index in [2.05, 4.69) is 10.4 Å². The number of benzene rings is 1. The zero-order valence-electron chi connectivity index (χ0n) is 16.3. The largest absolute Gasteiger partial charge is 0.410 e. The second kappa shape index (κ2) is 7.72. The molecule has 0 saturated carbocycles.